The van der Waals surface area contributed by atoms with Crippen LogP contribution < -0.4 is 10.6 Å². The van der Waals surface area contributed by atoms with Crippen LogP contribution in [-0.4, -0.2) is 36.2 Å². The van der Waals surface area contributed by atoms with Crippen LogP contribution in [0.3, 0.4) is 0 Å². The molecule has 0 aliphatic heterocycles. The van der Waals surface area contributed by atoms with Gasteiger partial charge in [0.25, 0.3) is 5.91 Å². The quantitative estimate of drug-likeness (QED) is 0.637. The van der Waals surface area contributed by atoms with E-state index in [1.165, 1.54) is 6.92 Å². The van der Waals surface area contributed by atoms with Crippen LogP contribution in [0.15, 0.2) is 30.7 Å². The lowest BCUT2D eigenvalue weighted by Crippen LogP contribution is -2.27. The summed E-state index contributed by atoms with van der Waals surface area (Å²) in [5.74, 6) is 0.221. The number of nitrogens with one attached hydrogen (secondary N) is 2. The van der Waals surface area contributed by atoms with E-state index in [4.69, 9.17) is 0 Å². The number of imidazole rings is 1. The van der Waals surface area contributed by atoms with Gasteiger partial charge in [-0.2, -0.15) is 10.2 Å². The van der Waals surface area contributed by atoms with Gasteiger partial charge in [0.2, 0.25) is 5.91 Å². The van der Waals surface area contributed by atoms with E-state index < -0.39 is 0 Å². The number of nitrogens with zero attached hydrogens (tertiary/aromatic N) is 5. The molecule has 3 aromatic rings. The molecule has 1 fully saturated rings. The van der Waals surface area contributed by atoms with Gasteiger partial charge in [0, 0.05) is 19.2 Å². The highest BCUT2D eigenvalue weighted by molar-refractivity contribution is 5.92. The summed E-state index contributed by atoms with van der Waals surface area (Å²) in [6, 6.07) is 3.73. The molecule has 2 N–H and O–H groups in total. The molecule has 0 bridgehead atoms. The lowest BCUT2D eigenvalue weighted by molar-refractivity contribution is -0.119. The lowest BCUT2D eigenvalue weighted by atomic mass is 10.1. The summed E-state index contributed by atoms with van der Waals surface area (Å²) in [6.07, 6.45) is 7.40. The molecular weight excluding hydrogens is 370 g/mol. The summed E-state index contributed by atoms with van der Waals surface area (Å²) in [7, 11) is 0. The molecule has 0 aromatic carbocycles. The first-order chi connectivity index (χ1) is 13.9. The first-order valence-electron chi connectivity index (χ1n) is 9.85. The molecule has 0 saturated heterocycles. The fourth-order valence-corrected chi connectivity index (χ4v) is 3.48. The summed E-state index contributed by atoms with van der Waals surface area (Å²) in [5, 5.41) is 14.5. The Morgan fingerprint density at radius 2 is 2.07 bits per heavy atom. The van der Waals surface area contributed by atoms with Crippen molar-refractivity contribution >= 4 is 17.5 Å². The Bertz CT molecular complexity index is 1050. The molecule has 3 aromatic heterocycles. The monoisotopic (exact) mass is 395 g/mol. The highest BCUT2D eigenvalue weighted by Crippen LogP contribution is 2.40. The normalized spacial score (nSPS) is 14.9. The van der Waals surface area contributed by atoms with E-state index in [1.807, 2.05) is 19.9 Å². The maximum Gasteiger partial charge on any atom is 0.269 e. The number of hydrogen-bond acceptors (Lipinski definition) is 5. The van der Waals surface area contributed by atoms with Crippen LogP contribution in [0.1, 0.15) is 67.4 Å². The van der Waals surface area contributed by atoms with E-state index in [-0.39, 0.29) is 23.9 Å². The summed E-state index contributed by atoms with van der Waals surface area (Å²) in [4.78, 5) is 28.6. The third kappa shape index (κ3) is 4.13. The molecule has 1 aliphatic carbocycles. The van der Waals surface area contributed by atoms with Gasteiger partial charge in [0.05, 0.1) is 30.7 Å². The Kier molecular flexibility index (Phi) is 5.04. The third-order valence-corrected chi connectivity index (χ3v) is 5.02. The minimum atomic E-state index is -0.193. The van der Waals surface area contributed by atoms with E-state index in [1.54, 1.807) is 33.9 Å². The second-order valence-corrected chi connectivity index (χ2v) is 7.78. The van der Waals surface area contributed by atoms with Crippen LogP contribution >= 0.6 is 0 Å². The van der Waals surface area contributed by atoms with Crippen molar-refractivity contribution in [1.29, 1.82) is 0 Å². The van der Waals surface area contributed by atoms with E-state index in [2.05, 4.69) is 25.8 Å². The summed E-state index contributed by atoms with van der Waals surface area (Å²) < 4.78 is 3.37. The minimum Gasteiger partial charge on any atom is -0.349 e. The molecule has 1 unspecified atom stereocenters. The average Bonchev–Trinajstić information content (AvgIpc) is 3.24. The van der Waals surface area contributed by atoms with Gasteiger partial charge in [0.1, 0.15) is 5.69 Å². The van der Waals surface area contributed by atoms with Crippen molar-refractivity contribution < 1.29 is 9.59 Å². The second kappa shape index (κ2) is 7.65. The molecule has 9 heteroatoms. The Morgan fingerprint density at radius 1 is 1.28 bits per heavy atom. The van der Waals surface area contributed by atoms with E-state index in [0.717, 1.165) is 18.4 Å². The molecule has 0 radical (unpaired) electrons. The molecule has 4 rings (SSSR count). The fraction of sp³-hybridized carbons (Fsp3) is 0.450. The van der Waals surface area contributed by atoms with Crippen LogP contribution in [0.4, 0.5) is 0 Å². The van der Waals surface area contributed by atoms with Crippen LogP contribution in [0.25, 0.3) is 5.65 Å². The molecule has 2 amide bonds. The number of rotatable bonds is 7. The highest BCUT2D eigenvalue weighted by atomic mass is 16.2. The van der Waals surface area contributed by atoms with Crippen molar-refractivity contribution in [2.45, 2.75) is 52.2 Å². The molecule has 9 nitrogen and oxygen atoms in total. The van der Waals surface area contributed by atoms with Gasteiger partial charge >= 0.3 is 0 Å². The maximum absolute atomic E-state index is 12.5. The van der Waals surface area contributed by atoms with Gasteiger partial charge in [-0.25, -0.2) is 9.50 Å². The largest absolute Gasteiger partial charge is 0.349 e. The van der Waals surface area contributed by atoms with Gasteiger partial charge in [-0.05, 0) is 50.3 Å². The van der Waals surface area contributed by atoms with Crippen LogP contribution in [0, 0.1) is 5.92 Å². The maximum atomic E-state index is 12.5. The standard InChI is InChI=1S/C20H25N7O2/c1-12(2)27-17(6-7-22-27)20(29)21-10-16-11-26-18(25-16)8-15(9-23-26)19(14-4-5-14)24-13(3)28/h6-9,11-12,14,19H,4-5,10H2,1-3H3,(H,21,29)(H,24,28). The van der Waals surface area contributed by atoms with Crippen LogP contribution in [0.5, 0.6) is 0 Å². The molecule has 0 spiro atoms. The summed E-state index contributed by atoms with van der Waals surface area (Å²) in [6.45, 7) is 5.78. The molecule has 1 saturated carbocycles. The van der Waals surface area contributed by atoms with Crippen molar-refractivity contribution in [2.24, 2.45) is 5.92 Å². The first-order valence-corrected chi connectivity index (χ1v) is 9.85. The molecule has 152 valence electrons. The fourth-order valence-electron chi connectivity index (χ4n) is 3.48. The Morgan fingerprint density at radius 3 is 2.76 bits per heavy atom. The number of carbonyl (C=O) groups is 2. The topological polar surface area (TPSA) is 106 Å². The molecule has 3 heterocycles. The van der Waals surface area contributed by atoms with E-state index in [9.17, 15) is 9.59 Å². The van der Waals surface area contributed by atoms with Crippen molar-refractivity contribution in [1.82, 2.24) is 35.0 Å². The molecule has 1 aliphatic rings. The third-order valence-electron chi connectivity index (χ3n) is 5.02. The van der Waals surface area contributed by atoms with Gasteiger partial charge in [-0.1, -0.05) is 0 Å². The van der Waals surface area contributed by atoms with E-state index >= 15 is 0 Å². The predicted molar refractivity (Wildman–Crippen MR) is 106 cm³/mol. The summed E-state index contributed by atoms with van der Waals surface area (Å²) in [5.41, 5.74) is 2.88. The van der Waals surface area contributed by atoms with Crippen molar-refractivity contribution in [3.8, 4) is 0 Å². The molecule has 1 atom stereocenters. The van der Waals surface area contributed by atoms with Gasteiger partial charge in [-0.15, -0.1) is 0 Å². The number of fused-ring (bicyclic) bond motifs is 1. The van der Waals surface area contributed by atoms with Gasteiger partial charge < -0.3 is 10.6 Å². The van der Waals surface area contributed by atoms with Crippen LogP contribution in [0.2, 0.25) is 0 Å². The van der Waals surface area contributed by atoms with Crippen LogP contribution in [-0.2, 0) is 11.3 Å². The Hall–Kier alpha value is -3.23. The lowest BCUT2D eigenvalue weighted by Gasteiger charge is -2.17. The number of carbonyl (C=O) groups excluding carboxylic acids is 2. The van der Waals surface area contributed by atoms with Crippen molar-refractivity contribution in [2.75, 3.05) is 0 Å². The highest BCUT2D eigenvalue weighted by Gasteiger charge is 2.33. The number of aromatic nitrogens is 5. The number of hydrogen-bond donors (Lipinski definition) is 2. The van der Waals surface area contributed by atoms with Crippen molar-refractivity contribution in [3.05, 3.63) is 47.7 Å². The second-order valence-electron chi connectivity index (χ2n) is 7.78. The zero-order chi connectivity index (χ0) is 20.5. The van der Waals surface area contributed by atoms with E-state index in [0.29, 0.717) is 29.5 Å². The predicted octanol–water partition coefficient (Wildman–Crippen LogP) is 2.02. The first kappa shape index (κ1) is 19.1. The minimum absolute atomic E-state index is 0.0267. The SMILES string of the molecule is CC(=O)NC(c1cnn2cc(CNC(=O)c3ccnn3C(C)C)nc2c1)C1CC1. The molecule has 29 heavy (non-hydrogen) atoms. The Labute approximate surface area is 168 Å². The zero-order valence-corrected chi connectivity index (χ0v) is 16.8. The summed E-state index contributed by atoms with van der Waals surface area (Å²) >= 11 is 0. The average molecular weight is 395 g/mol. The number of amides is 2. The van der Waals surface area contributed by atoms with Gasteiger partial charge in [0.15, 0.2) is 5.65 Å². The Balaban J connectivity index is 1.48. The zero-order valence-electron chi connectivity index (χ0n) is 16.8. The van der Waals surface area contributed by atoms with Crippen molar-refractivity contribution in [3.63, 3.8) is 0 Å². The molecular formula is C20H25N7O2. The smallest absolute Gasteiger partial charge is 0.269 e. The van der Waals surface area contributed by atoms with Gasteiger partial charge in [-0.3, -0.25) is 14.3 Å².